The molecule has 0 spiro atoms. The van der Waals surface area contributed by atoms with Gasteiger partial charge in [-0.1, -0.05) is 13.8 Å². The molecule has 1 aromatic rings. The molecule has 7 heteroatoms. The first-order valence-corrected chi connectivity index (χ1v) is 8.13. The molecule has 2 N–H and O–H groups in total. The molecule has 0 aliphatic rings. The zero-order valence-electron chi connectivity index (χ0n) is 13.2. The standard InChI is InChI=1S/C14H24N2O4S/c1-10(2)9-16(3)21(17,18)12-6-11(8-15)14(20-5)13(7-12)19-4/h6-7,10H,8-9,15H2,1-5H3. The van der Waals surface area contributed by atoms with Crippen LogP contribution in [0.4, 0.5) is 0 Å². The predicted octanol–water partition coefficient (Wildman–Crippen LogP) is 1.44. The van der Waals surface area contributed by atoms with Crippen molar-refractivity contribution in [1.82, 2.24) is 4.31 Å². The summed E-state index contributed by atoms with van der Waals surface area (Å²) < 4.78 is 37.0. The molecular formula is C14H24N2O4S. The number of nitrogens with two attached hydrogens (primary N) is 1. The maximum atomic E-state index is 12.6. The highest BCUT2D eigenvalue weighted by Crippen LogP contribution is 2.34. The maximum absolute atomic E-state index is 12.6. The Kier molecular flexibility index (Phi) is 6.00. The summed E-state index contributed by atoms with van der Waals surface area (Å²) >= 11 is 0. The van der Waals surface area contributed by atoms with E-state index in [9.17, 15) is 8.42 Å². The second-order valence-electron chi connectivity index (χ2n) is 5.20. The highest BCUT2D eigenvalue weighted by atomic mass is 32.2. The van der Waals surface area contributed by atoms with Crippen molar-refractivity contribution in [1.29, 1.82) is 0 Å². The average Bonchev–Trinajstić information content (AvgIpc) is 2.44. The van der Waals surface area contributed by atoms with Crippen molar-refractivity contribution in [3.63, 3.8) is 0 Å². The molecule has 0 saturated heterocycles. The van der Waals surface area contributed by atoms with Crippen LogP contribution < -0.4 is 15.2 Å². The lowest BCUT2D eigenvalue weighted by atomic mass is 10.2. The Balaban J connectivity index is 3.36. The van der Waals surface area contributed by atoms with Gasteiger partial charge in [0.15, 0.2) is 11.5 Å². The van der Waals surface area contributed by atoms with E-state index in [1.807, 2.05) is 13.8 Å². The van der Waals surface area contributed by atoms with Gasteiger partial charge in [-0.05, 0) is 12.0 Å². The van der Waals surface area contributed by atoms with E-state index in [2.05, 4.69) is 0 Å². The minimum atomic E-state index is -3.58. The lowest BCUT2D eigenvalue weighted by molar-refractivity contribution is 0.350. The zero-order chi connectivity index (χ0) is 16.2. The average molecular weight is 316 g/mol. The molecule has 0 aliphatic heterocycles. The summed E-state index contributed by atoms with van der Waals surface area (Å²) in [5.74, 6) is 1.06. The Bertz CT molecular complexity index is 560. The van der Waals surface area contributed by atoms with Gasteiger partial charge in [-0.3, -0.25) is 0 Å². The van der Waals surface area contributed by atoms with Crippen molar-refractivity contribution in [3.05, 3.63) is 17.7 Å². The topological polar surface area (TPSA) is 81.9 Å². The summed E-state index contributed by atoms with van der Waals surface area (Å²) in [5, 5.41) is 0. The number of nitrogens with zero attached hydrogens (tertiary/aromatic N) is 1. The highest BCUT2D eigenvalue weighted by molar-refractivity contribution is 7.89. The SMILES string of the molecule is COc1cc(S(=O)(=O)N(C)CC(C)C)cc(CN)c1OC. The van der Waals surface area contributed by atoms with E-state index in [0.29, 0.717) is 23.6 Å². The van der Waals surface area contributed by atoms with E-state index in [1.54, 1.807) is 7.05 Å². The normalized spacial score (nSPS) is 12.0. The van der Waals surface area contributed by atoms with Crippen molar-refractivity contribution in [2.24, 2.45) is 11.7 Å². The molecule has 0 fully saturated rings. The van der Waals surface area contributed by atoms with Crippen molar-refractivity contribution in [2.45, 2.75) is 25.3 Å². The molecule has 1 aromatic carbocycles. The monoisotopic (exact) mass is 316 g/mol. The molecule has 0 aromatic heterocycles. The minimum Gasteiger partial charge on any atom is -0.493 e. The Labute approximate surface area is 126 Å². The first kappa shape index (κ1) is 17.7. The van der Waals surface area contributed by atoms with Crippen LogP contribution in [0.5, 0.6) is 11.5 Å². The second kappa shape index (κ2) is 7.11. The Hall–Kier alpha value is -1.31. The van der Waals surface area contributed by atoms with Crippen LogP contribution in [-0.2, 0) is 16.6 Å². The molecule has 0 aliphatic carbocycles. The summed E-state index contributed by atoms with van der Waals surface area (Å²) in [4.78, 5) is 0.156. The van der Waals surface area contributed by atoms with Gasteiger partial charge < -0.3 is 15.2 Å². The van der Waals surface area contributed by atoms with Crippen LogP contribution in [0.2, 0.25) is 0 Å². The molecule has 21 heavy (non-hydrogen) atoms. The summed E-state index contributed by atoms with van der Waals surface area (Å²) in [6, 6.07) is 3.00. The van der Waals surface area contributed by atoms with Gasteiger partial charge in [0.25, 0.3) is 0 Å². The lowest BCUT2D eigenvalue weighted by Crippen LogP contribution is -2.30. The molecule has 0 heterocycles. The zero-order valence-corrected chi connectivity index (χ0v) is 14.0. The summed E-state index contributed by atoms with van der Waals surface area (Å²) in [5.41, 5.74) is 6.27. The fourth-order valence-electron chi connectivity index (χ4n) is 2.11. The minimum absolute atomic E-state index is 0.156. The molecule has 0 bridgehead atoms. The molecule has 6 nitrogen and oxygen atoms in total. The van der Waals surface area contributed by atoms with Gasteiger partial charge in [0.05, 0.1) is 19.1 Å². The van der Waals surface area contributed by atoms with E-state index in [1.165, 1.54) is 30.7 Å². The number of rotatable bonds is 7. The highest BCUT2D eigenvalue weighted by Gasteiger charge is 2.24. The first-order valence-electron chi connectivity index (χ1n) is 6.69. The van der Waals surface area contributed by atoms with Crippen LogP contribution in [-0.4, -0.2) is 40.5 Å². The van der Waals surface area contributed by atoms with Gasteiger partial charge >= 0.3 is 0 Å². The first-order chi connectivity index (χ1) is 9.77. The van der Waals surface area contributed by atoms with Crippen LogP contribution in [0.15, 0.2) is 17.0 Å². The van der Waals surface area contributed by atoms with E-state index < -0.39 is 10.0 Å². The van der Waals surface area contributed by atoms with Crippen LogP contribution in [0, 0.1) is 5.92 Å². The van der Waals surface area contributed by atoms with Gasteiger partial charge in [-0.2, -0.15) is 0 Å². The van der Waals surface area contributed by atoms with Crippen LogP contribution in [0.3, 0.4) is 0 Å². The Morgan fingerprint density at radius 3 is 2.29 bits per heavy atom. The molecule has 0 radical (unpaired) electrons. The van der Waals surface area contributed by atoms with Gasteiger partial charge in [0.2, 0.25) is 10.0 Å². The van der Waals surface area contributed by atoms with E-state index in [4.69, 9.17) is 15.2 Å². The van der Waals surface area contributed by atoms with E-state index in [0.717, 1.165) is 0 Å². The quantitative estimate of drug-likeness (QED) is 0.823. The van der Waals surface area contributed by atoms with Crippen molar-refractivity contribution in [3.8, 4) is 11.5 Å². The van der Waals surface area contributed by atoms with Crippen LogP contribution >= 0.6 is 0 Å². The summed E-state index contributed by atoms with van der Waals surface area (Å²) in [6.07, 6.45) is 0. The number of hydrogen-bond donors (Lipinski definition) is 1. The maximum Gasteiger partial charge on any atom is 0.242 e. The van der Waals surface area contributed by atoms with E-state index in [-0.39, 0.29) is 17.4 Å². The molecular weight excluding hydrogens is 292 g/mol. The van der Waals surface area contributed by atoms with Gasteiger partial charge in [-0.15, -0.1) is 0 Å². The fraction of sp³-hybridized carbons (Fsp3) is 0.571. The molecule has 0 amide bonds. The summed E-state index contributed by atoms with van der Waals surface area (Å²) in [6.45, 7) is 4.53. The van der Waals surface area contributed by atoms with Crippen molar-refractivity contribution >= 4 is 10.0 Å². The third-order valence-electron chi connectivity index (χ3n) is 3.08. The third-order valence-corrected chi connectivity index (χ3v) is 4.88. The number of benzene rings is 1. The predicted molar refractivity (Wildman–Crippen MR) is 82.1 cm³/mol. The molecule has 0 atom stereocenters. The van der Waals surface area contributed by atoms with Crippen molar-refractivity contribution in [2.75, 3.05) is 27.8 Å². The third kappa shape index (κ3) is 3.87. The lowest BCUT2D eigenvalue weighted by Gasteiger charge is -2.21. The summed E-state index contributed by atoms with van der Waals surface area (Å²) in [7, 11) is 0.942. The Morgan fingerprint density at radius 2 is 1.86 bits per heavy atom. The number of methoxy groups -OCH3 is 2. The smallest absolute Gasteiger partial charge is 0.242 e. The fourth-order valence-corrected chi connectivity index (χ4v) is 3.51. The van der Waals surface area contributed by atoms with Crippen molar-refractivity contribution < 1.29 is 17.9 Å². The largest absolute Gasteiger partial charge is 0.493 e. The van der Waals surface area contributed by atoms with Crippen LogP contribution in [0.25, 0.3) is 0 Å². The molecule has 0 saturated carbocycles. The van der Waals surface area contributed by atoms with E-state index >= 15 is 0 Å². The second-order valence-corrected chi connectivity index (χ2v) is 7.25. The number of sulfonamides is 1. The van der Waals surface area contributed by atoms with Crippen LogP contribution in [0.1, 0.15) is 19.4 Å². The molecule has 1 rings (SSSR count). The van der Waals surface area contributed by atoms with Gasteiger partial charge in [-0.25, -0.2) is 12.7 Å². The molecule has 0 unspecified atom stereocenters. The number of ether oxygens (including phenoxy) is 2. The number of hydrogen-bond acceptors (Lipinski definition) is 5. The van der Waals surface area contributed by atoms with Gasteiger partial charge in [0, 0.05) is 31.8 Å². The van der Waals surface area contributed by atoms with Gasteiger partial charge in [0.1, 0.15) is 0 Å². The molecule has 120 valence electrons. The Morgan fingerprint density at radius 1 is 1.24 bits per heavy atom.